The normalized spacial score (nSPS) is 14.0. The zero-order chi connectivity index (χ0) is 18.2. The van der Waals surface area contributed by atoms with Crippen LogP contribution >= 0.6 is 23.8 Å². The zero-order valence-corrected chi connectivity index (χ0v) is 16.1. The third-order valence-corrected chi connectivity index (χ3v) is 4.76. The number of thiocarbonyl (C=S) groups is 1. The van der Waals surface area contributed by atoms with Gasteiger partial charge in [-0.15, -0.1) is 0 Å². The summed E-state index contributed by atoms with van der Waals surface area (Å²) < 4.78 is 11.6. The summed E-state index contributed by atoms with van der Waals surface area (Å²) in [4.78, 5) is 0. The Hall–Kier alpha value is -1.98. The summed E-state index contributed by atoms with van der Waals surface area (Å²) in [6, 6.07) is 15.3. The van der Waals surface area contributed by atoms with Crippen molar-refractivity contribution in [3.8, 4) is 11.5 Å². The van der Waals surface area contributed by atoms with E-state index in [9.17, 15) is 0 Å². The highest BCUT2D eigenvalue weighted by molar-refractivity contribution is 7.80. The summed E-state index contributed by atoms with van der Waals surface area (Å²) in [5.74, 6) is 1.59. The number of para-hydroxylation sites is 1. The second-order valence-electron chi connectivity index (χ2n) is 6.21. The van der Waals surface area contributed by atoms with Crippen LogP contribution in [-0.4, -0.2) is 24.4 Å². The molecule has 3 rings (SSSR count). The third-order valence-electron chi connectivity index (χ3n) is 4.20. The summed E-state index contributed by atoms with van der Waals surface area (Å²) in [6.07, 6.45) is 5.22. The number of rotatable bonds is 7. The summed E-state index contributed by atoms with van der Waals surface area (Å²) in [5, 5.41) is 7.43. The van der Waals surface area contributed by atoms with Crippen molar-refractivity contribution in [2.45, 2.75) is 31.8 Å². The van der Waals surface area contributed by atoms with Crippen molar-refractivity contribution in [3.05, 3.63) is 53.6 Å². The molecule has 1 saturated carbocycles. The molecule has 0 atom stereocenters. The molecular weight excluding hydrogens is 368 g/mol. The minimum atomic E-state index is 0.370. The fourth-order valence-electron chi connectivity index (χ4n) is 2.88. The second kappa shape index (κ2) is 9.64. The van der Waals surface area contributed by atoms with Gasteiger partial charge in [-0.2, -0.15) is 0 Å². The number of nitrogens with one attached hydrogen (secondary N) is 2. The molecule has 2 N–H and O–H groups in total. The SMILES string of the molecule is S=C(NCCOc1ccccc1Cl)Nc1ccc(OC2CCCC2)cc1. The van der Waals surface area contributed by atoms with Gasteiger partial charge in [0.2, 0.25) is 0 Å². The standard InChI is InChI=1S/C20H23ClN2O2S/c21-18-7-3-4-8-19(18)24-14-13-22-20(26)23-15-9-11-17(12-10-15)25-16-5-1-2-6-16/h3-4,7-12,16H,1-2,5-6,13-14H2,(H2,22,23,26). The Bertz CT molecular complexity index is 718. The van der Waals surface area contributed by atoms with E-state index in [1.807, 2.05) is 42.5 Å². The number of halogens is 1. The minimum absolute atomic E-state index is 0.370. The number of ether oxygens (including phenoxy) is 2. The first-order chi connectivity index (χ1) is 12.7. The molecule has 1 aliphatic rings. The third kappa shape index (κ3) is 5.78. The van der Waals surface area contributed by atoms with E-state index in [0.717, 1.165) is 24.3 Å². The van der Waals surface area contributed by atoms with Gasteiger partial charge in [0.15, 0.2) is 5.11 Å². The van der Waals surface area contributed by atoms with Crippen LogP contribution in [0.4, 0.5) is 5.69 Å². The fourth-order valence-corrected chi connectivity index (χ4v) is 3.29. The maximum atomic E-state index is 6.05. The molecule has 138 valence electrons. The van der Waals surface area contributed by atoms with E-state index in [1.165, 1.54) is 12.8 Å². The Kier molecular flexibility index (Phi) is 6.97. The Morgan fingerprint density at radius 1 is 1.08 bits per heavy atom. The first-order valence-electron chi connectivity index (χ1n) is 8.89. The van der Waals surface area contributed by atoms with E-state index in [2.05, 4.69) is 10.6 Å². The quantitative estimate of drug-likeness (QED) is 0.513. The smallest absolute Gasteiger partial charge is 0.170 e. The van der Waals surface area contributed by atoms with Crippen molar-refractivity contribution < 1.29 is 9.47 Å². The maximum absolute atomic E-state index is 6.05. The van der Waals surface area contributed by atoms with Gasteiger partial charge in [0, 0.05) is 5.69 Å². The first-order valence-corrected chi connectivity index (χ1v) is 9.68. The number of hydrogen-bond donors (Lipinski definition) is 2. The molecule has 0 aliphatic heterocycles. The Morgan fingerprint density at radius 2 is 1.81 bits per heavy atom. The fraction of sp³-hybridized carbons (Fsp3) is 0.350. The monoisotopic (exact) mass is 390 g/mol. The lowest BCUT2D eigenvalue weighted by Gasteiger charge is -2.14. The second-order valence-corrected chi connectivity index (χ2v) is 7.02. The van der Waals surface area contributed by atoms with E-state index in [1.54, 1.807) is 6.07 Å². The Labute approximate surface area is 164 Å². The molecular formula is C20H23ClN2O2S. The van der Waals surface area contributed by atoms with Crippen molar-refractivity contribution in [1.82, 2.24) is 5.32 Å². The molecule has 0 unspecified atom stereocenters. The summed E-state index contributed by atoms with van der Waals surface area (Å²) in [5.41, 5.74) is 0.924. The minimum Gasteiger partial charge on any atom is -0.490 e. The predicted molar refractivity (Wildman–Crippen MR) is 110 cm³/mol. The van der Waals surface area contributed by atoms with Crippen LogP contribution in [0.25, 0.3) is 0 Å². The molecule has 0 aromatic heterocycles. The van der Waals surface area contributed by atoms with Crippen LogP contribution in [0.5, 0.6) is 11.5 Å². The average molecular weight is 391 g/mol. The molecule has 0 bridgehead atoms. The molecule has 0 amide bonds. The molecule has 1 fully saturated rings. The molecule has 0 heterocycles. The lowest BCUT2D eigenvalue weighted by molar-refractivity contribution is 0.210. The van der Waals surface area contributed by atoms with Crippen LogP contribution in [0.15, 0.2) is 48.5 Å². The van der Waals surface area contributed by atoms with Crippen molar-refractivity contribution in [2.24, 2.45) is 0 Å². The number of anilines is 1. The van der Waals surface area contributed by atoms with Crippen molar-refractivity contribution in [2.75, 3.05) is 18.5 Å². The van der Waals surface area contributed by atoms with Crippen LogP contribution < -0.4 is 20.1 Å². The largest absolute Gasteiger partial charge is 0.490 e. The van der Waals surface area contributed by atoms with Gasteiger partial charge in [0.1, 0.15) is 18.1 Å². The van der Waals surface area contributed by atoms with Gasteiger partial charge in [0.05, 0.1) is 17.7 Å². The summed E-state index contributed by atoms with van der Waals surface area (Å²) in [6.45, 7) is 1.06. The molecule has 26 heavy (non-hydrogen) atoms. The van der Waals surface area contributed by atoms with E-state index in [-0.39, 0.29) is 0 Å². The number of hydrogen-bond acceptors (Lipinski definition) is 3. The summed E-state index contributed by atoms with van der Waals surface area (Å²) in [7, 11) is 0. The summed E-state index contributed by atoms with van der Waals surface area (Å²) >= 11 is 11.4. The zero-order valence-electron chi connectivity index (χ0n) is 14.5. The van der Waals surface area contributed by atoms with E-state index in [4.69, 9.17) is 33.3 Å². The Morgan fingerprint density at radius 3 is 2.54 bits per heavy atom. The van der Waals surface area contributed by atoms with Crippen LogP contribution in [0.1, 0.15) is 25.7 Å². The van der Waals surface area contributed by atoms with E-state index >= 15 is 0 Å². The first kappa shape index (κ1) is 18.8. The molecule has 4 nitrogen and oxygen atoms in total. The van der Waals surface area contributed by atoms with Crippen LogP contribution in [0, 0.1) is 0 Å². The molecule has 2 aromatic rings. The van der Waals surface area contributed by atoms with Gasteiger partial charge in [-0.05, 0) is 74.3 Å². The van der Waals surface area contributed by atoms with Gasteiger partial charge in [-0.1, -0.05) is 23.7 Å². The lowest BCUT2D eigenvalue weighted by Crippen LogP contribution is -2.31. The van der Waals surface area contributed by atoms with Gasteiger partial charge >= 0.3 is 0 Å². The molecule has 0 saturated heterocycles. The molecule has 6 heteroatoms. The highest BCUT2D eigenvalue weighted by Gasteiger charge is 2.16. The molecule has 0 radical (unpaired) electrons. The molecule has 0 spiro atoms. The van der Waals surface area contributed by atoms with Crippen molar-refractivity contribution in [3.63, 3.8) is 0 Å². The average Bonchev–Trinajstić information content (AvgIpc) is 3.15. The maximum Gasteiger partial charge on any atom is 0.170 e. The van der Waals surface area contributed by atoms with Crippen molar-refractivity contribution in [1.29, 1.82) is 0 Å². The molecule has 2 aromatic carbocycles. The van der Waals surface area contributed by atoms with E-state index in [0.29, 0.717) is 35.1 Å². The Balaban J connectivity index is 1.37. The highest BCUT2D eigenvalue weighted by Crippen LogP contribution is 2.25. The predicted octanol–water partition coefficient (Wildman–Crippen LogP) is 5.03. The van der Waals surface area contributed by atoms with Crippen LogP contribution in [0.3, 0.4) is 0 Å². The lowest BCUT2D eigenvalue weighted by atomic mass is 10.3. The highest BCUT2D eigenvalue weighted by atomic mass is 35.5. The molecule has 1 aliphatic carbocycles. The van der Waals surface area contributed by atoms with Crippen LogP contribution in [-0.2, 0) is 0 Å². The number of benzene rings is 2. The van der Waals surface area contributed by atoms with Gasteiger partial charge < -0.3 is 20.1 Å². The van der Waals surface area contributed by atoms with Gasteiger partial charge in [-0.25, -0.2) is 0 Å². The van der Waals surface area contributed by atoms with E-state index < -0.39 is 0 Å². The topological polar surface area (TPSA) is 42.5 Å². The van der Waals surface area contributed by atoms with Gasteiger partial charge in [-0.3, -0.25) is 0 Å². The van der Waals surface area contributed by atoms with Gasteiger partial charge in [0.25, 0.3) is 0 Å². The van der Waals surface area contributed by atoms with Crippen molar-refractivity contribution >= 4 is 34.6 Å². The van der Waals surface area contributed by atoms with Crippen LogP contribution in [0.2, 0.25) is 5.02 Å².